The first-order valence-corrected chi connectivity index (χ1v) is 8.85. The topological polar surface area (TPSA) is 44.5 Å². The van der Waals surface area contributed by atoms with Crippen LogP contribution in [0.3, 0.4) is 0 Å². The van der Waals surface area contributed by atoms with Crippen molar-refractivity contribution < 1.29 is 9.47 Å². The normalized spacial score (nSPS) is 17.4. The second kappa shape index (κ2) is 7.37. The Morgan fingerprint density at radius 2 is 1.96 bits per heavy atom. The molecule has 1 saturated heterocycles. The monoisotopic (exact) mass is 375 g/mol. The van der Waals surface area contributed by atoms with E-state index in [1.807, 2.05) is 6.07 Å². The molecule has 0 aromatic heterocycles. The fraction of sp³-hybridized carbons (Fsp3) is 0.368. The summed E-state index contributed by atoms with van der Waals surface area (Å²) >= 11 is 3.60. The molecule has 1 aliphatic rings. The molecule has 0 saturated carbocycles. The van der Waals surface area contributed by atoms with Crippen LogP contribution in [0.1, 0.15) is 30.0 Å². The Kier molecular flexibility index (Phi) is 5.23. The van der Waals surface area contributed by atoms with Crippen LogP contribution in [0.25, 0.3) is 0 Å². The summed E-state index contributed by atoms with van der Waals surface area (Å²) in [6.45, 7) is 3.58. The summed E-state index contributed by atoms with van der Waals surface area (Å²) in [6, 6.07) is 12.7. The lowest BCUT2D eigenvalue weighted by atomic mass is 10.0. The van der Waals surface area contributed by atoms with Crippen LogP contribution >= 0.6 is 15.9 Å². The van der Waals surface area contributed by atoms with Gasteiger partial charge < -0.3 is 15.2 Å². The van der Waals surface area contributed by atoms with Gasteiger partial charge in [-0.05, 0) is 51.5 Å². The number of hydrogen-bond donors (Lipinski definition) is 1. The number of hydrogen-bond acceptors (Lipinski definition) is 3. The second-order valence-corrected chi connectivity index (χ2v) is 6.79. The summed E-state index contributed by atoms with van der Waals surface area (Å²) in [5.41, 5.74) is 10.7. The van der Waals surface area contributed by atoms with Gasteiger partial charge in [-0.25, -0.2) is 0 Å². The quantitative estimate of drug-likeness (QED) is 0.789. The molecular formula is C19H22BrNO2. The number of aryl methyl sites for hydroxylation is 1. The highest BCUT2D eigenvalue weighted by molar-refractivity contribution is 9.10. The third-order valence-corrected chi connectivity index (χ3v) is 4.82. The summed E-state index contributed by atoms with van der Waals surface area (Å²) < 4.78 is 12.3. The number of nitrogens with two attached hydrogens (primary N) is 1. The Balaban J connectivity index is 1.75. The molecule has 2 aromatic carbocycles. The lowest BCUT2D eigenvalue weighted by Gasteiger charge is -2.16. The van der Waals surface area contributed by atoms with Gasteiger partial charge in [-0.2, -0.15) is 0 Å². The second-order valence-electron chi connectivity index (χ2n) is 5.93. The maximum Gasteiger partial charge on any atom is 0.136 e. The number of halogens is 1. The minimum absolute atomic E-state index is 0.123. The Morgan fingerprint density at radius 3 is 2.61 bits per heavy atom. The smallest absolute Gasteiger partial charge is 0.136 e. The number of benzene rings is 2. The molecule has 1 fully saturated rings. The fourth-order valence-corrected chi connectivity index (χ4v) is 3.24. The van der Waals surface area contributed by atoms with E-state index in [-0.39, 0.29) is 6.10 Å². The molecule has 4 heteroatoms. The number of anilines is 1. The Hall–Kier alpha value is -1.52. The molecule has 1 atom stereocenters. The van der Waals surface area contributed by atoms with Crippen molar-refractivity contribution in [3.63, 3.8) is 0 Å². The average Bonchev–Trinajstić information content (AvgIpc) is 3.06. The first kappa shape index (κ1) is 16.3. The number of nitrogen functional groups attached to an aromatic ring is 1. The van der Waals surface area contributed by atoms with Gasteiger partial charge >= 0.3 is 0 Å². The maximum atomic E-state index is 6.24. The van der Waals surface area contributed by atoms with Crippen molar-refractivity contribution in [2.45, 2.75) is 32.3 Å². The van der Waals surface area contributed by atoms with Crippen molar-refractivity contribution in [2.24, 2.45) is 0 Å². The van der Waals surface area contributed by atoms with E-state index >= 15 is 0 Å². The van der Waals surface area contributed by atoms with Gasteiger partial charge in [-0.15, -0.1) is 0 Å². The zero-order valence-electron chi connectivity index (χ0n) is 13.3. The van der Waals surface area contributed by atoms with Crippen LogP contribution < -0.4 is 10.5 Å². The molecule has 2 N–H and O–H groups in total. The minimum atomic E-state index is 0.123. The van der Waals surface area contributed by atoms with E-state index in [1.165, 1.54) is 11.1 Å². The molecule has 0 spiro atoms. The largest absolute Gasteiger partial charge is 0.487 e. The lowest BCUT2D eigenvalue weighted by molar-refractivity contribution is 0.141. The van der Waals surface area contributed by atoms with Gasteiger partial charge in [-0.3, -0.25) is 0 Å². The van der Waals surface area contributed by atoms with Gasteiger partial charge in [0, 0.05) is 18.2 Å². The van der Waals surface area contributed by atoms with E-state index in [2.05, 4.69) is 53.2 Å². The van der Waals surface area contributed by atoms with Crippen LogP contribution in [-0.2, 0) is 17.6 Å². The van der Waals surface area contributed by atoms with Crippen molar-refractivity contribution in [3.05, 3.63) is 57.6 Å². The van der Waals surface area contributed by atoms with Crippen LogP contribution in [-0.4, -0.2) is 19.3 Å². The molecule has 3 rings (SSSR count). The van der Waals surface area contributed by atoms with E-state index in [0.29, 0.717) is 6.61 Å². The van der Waals surface area contributed by atoms with E-state index in [0.717, 1.165) is 47.3 Å². The predicted molar refractivity (Wildman–Crippen MR) is 97.0 cm³/mol. The Morgan fingerprint density at radius 1 is 1.22 bits per heavy atom. The van der Waals surface area contributed by atoms with Crippen molar-refractivity contribution in [2.75, 3.05) is 18.9 Å². The summed E-state index contributed by atoms with van der Waals surface area (Å²) in [5, 5.41) is 0. The zero-order chi connectivity index (χ0) is 16.2. The molecule has 0 unspecified atom stereocenters. The third kappa shape index (κ3) is 4.06. The van der Waals surface area contributed by atoms with Crippen molar-refractivity contribution >= 4 is 21.6 Å². The summed E-state index contributed by atoms with van der Waals surface area (Å²) in [5.74, 6) is 0.795. The standard InChI is InChI=1S/C19H22BrNO2/c1-2-13-3-5-14(6-4-13)9-15-10-17(20)19(11-18(15)21)23-16-7-8-22-12-16/h3-6,10-11,16H,2,7-9,12,21H2,1H3/t16-/m0/s1. The summed E-state index contributed by atoms with van der Waals surface area (Å²) in [4.78, 5) is 0. The molecule has 122 valence electrons. The predicted octanol–water partition coefficient (Wildman–Crippen LogP) is 4.35. The fourth-order valence-electron chi connectivity index (χ4n) is 2.75. The van der Waals surface area contributed by atoms with Crippen molar-refractivity contribution in [3.8, 4) is 5.75 Å². The summed E-state index contributed by atoms with van der Waals surface area (Å²) in [7, 11) is 0. The number of ether oxygens (including phenoxy) is 2. The highest BCUT2D eigenvalue weighted by atomic mass is 79.9. The molecule has 0 aliphatic carbocycles. The molecular weight excluding hydrogens is 354 g/mol. The third-order valence-electron chi connectivity index (χ3n) is 4.20. The van der Waals surface area contributed by atoms with Gasteiger partial charge in [0.2, 0.25) is 0 Å². The van der Waals surface area contributed by atoms with Crippen LogP contribution in [0.2, 0.25) is 0 Å². The molecule has 1 aliphatic heterocycles. The van der Waals surface area contributed by atoms with Crippen LogP contribution in [0.15, 0.2) is 40.9 Å². The first-order chi connectivity index (χ1) is 11.2. The van der Waals surface area contributed by atoms with Gasteiger partial charge in [0.15, 0.2) is 0 Å². The highest BCUT2D eigenvalue weighted by Gasteiger charge is 2.19. The molecule has 0 amide bonds. The van der Waals surface area contributed by atoms with Crippen LogP contribution in [0, 0.1) is 0 Å². The molecule has 0 bridgehead atoms. The van der Waals surface area contributed by atoms with Crippen LogP contribution in [0.4, 0.5) is 5.69 Å². The van der Waals surface area contributed by atoms with Gasteiger partial charge in [0.25, 0.3) is 0 Å². The Bertz CT molecular complexity index is 664. The molecule has 23 heavy (non-hydrogen) atoms. The van der Waals surface area contributed by atoms with Gasteiger partial charge in [0.1, 0.15) is 11.9 Å². The zero-order valence-corrected chi connectivity index (χ0v) is 14.9. The summed E-state index contributed by atoms with van der Waals surface area (Å²) in [6.07, 6.45) is 2.93. The maximum absolute atomic E-state index is 6.24. The lowest BCUT2D eigenvalue weighted by Crippen LogP contribution is -2.16. The molecule has 3 nitrogen and oxygen atoms in total. The average molecular weight is 376 g/mol. The van der Waals surface area contributed by atoms with E-state index in [1.54, 1.807) is 0 Å². The van der Waals surface area contributed by atoms with Gasteiger partial charge in [0.05, 0.1) is 17.7 Å². The van der Waals surface area contributed by atoms with Crippen LogP contribution in [0.5, 0.6) is 5.75 Å². The first-order valence-electron chi connectivity index (χ1n) is 8.06. The molecule has 0 radical (unpaired) electrons. The van der Waals surface area contributed by atoms with Crippen molar-refractivity contribution in [1.29, 1.82) is 0 Å². The van der Waals surface area contributed by atoms with E-state index in [9.17, 15) is 0 Å². The molecule has 2 aromatic rings. The van der Waals surface area contributed by atoms with E-state index < -0.39 is 0 Å². The Labute approximate surface area is 145 Å². The van der Waals surface area contributed by atoms with Gasteiger partial charge in [-0.1, -0.05) is 31.2 Å². The number of rotatable bonds is 5. The SMILES string of the molecule is CCc1ccc(Cc2cc(Br)c(O[C@H]3CCOC3)cc2N)cc1. The van der Waals surface area contributed by atoms with Crippen molar-refractivity contribution in [1.82, 2.24) is 0 Å². The minimum Gasteiger partial charge on any atom is -0.487 e. The highest BCUT2D eigenvalue weighted by Crippen LogP contribution is 2.33. The molecule has 1 heterocycles. The van der Waals surface area contributed by atoms with E-state index in [4.69, 9.17) is 15.2 Å².